The Balaban J connectivity index is 2.51. The largest absolute Gasteiger partial charge is 0.365 e. The number of aromatic nitrogens is 1. The first kappa shape index (κ1) is 10.2. The maximum Gasteiger partial charge on any atom is 0.254 e. The smallest absolute Gasteiger partial charge is 0.254 e. The van der Waals surface area contributed by atoms with Crippen LogP contribution in [0.3, 0.4) is 0 Å². The Morgan fingerprint density at radius 3 is 3.06 bits per heavy atom. The lowest BCUT2D eigenvalue weighted by Gasteiger charge is -2.21. The van der Waals surface area contributed by atoms with Crippen molar-refractivity contribution in [2.24, 2.45) is 5.73 Å². The van der Waals surface area contributed by atoms with Gasteiger partial charge in [-0.3, -0.25) is 14.3 Å². The minimum Gasteiger partial charge on any atom is -0.365 e. The molecule has 5 nitrogen and oxygen atoms in total. The summed E-state index contributed by atoms with van der Waals surface area (Å²) in [5.74, 6) is -0.0150. The van der Waals surface area contributed by atoms with Crippen LogP contribution in [0.1, 0.15) is 10.4 Å². The zero-order valence-electron chi connectivity index (χ0n) is 8.77. The van der Waals surface area contributed by atoms with E-state index in [2.05, 4.69) is 5.43 Å². The van der Waals surface area contributed by atoms with Crippen LogP contribution in [0.25, 0.3) is 10.9 Å². The normalized spacial score (nSPS) is 13.4. The van der Waals surface area contributed by atoms with E-state index < -0.39 is 5.91 Å². The number of benzene rings is 1. The zero-order valence-corrected chi connectivity index (χ0v) is 9.58. The summed E-state index contributed by atoms with van der Waals surface area (Å²) in [5.41, 5.74) is 8.78. The second-order valence-electron chi connectivity index (χ2n) is 3.71. The molecule has 0 bridgehead atoms. The van der Waals surface area contributed by atoms with Crippen molar-refractivity contribution in [1.82, 2.24) is 4.68 Å². The number of hydrogen-bond acceptors (Lipinski definition) is 4. The fourth-order valence-corrected chi connectivity index (χ4v) is 2.83. The van der Waals surface area contributed by atoms with Crippen molar-refractivity contribution in [3.05, 3.63) is 40.2 Å². The molecular formula is C11H9N3O2S. The number of thioether (sulfide) groups is 1. The van der Waals surface area contributed by atoms with Gasteiger partial charge >= 0.3 is 0 Å². The lowest BCUT2D eigenvalue weighted by Crippen LogP contribution is -2.28. The highest BCUT2D eigenvalue weighted by atomic mass is 32.2. The molecule has 2 heterocycles. The van der Waals surface area contributed by atoms with Crippen LogP contribution in [0.15, 0.2) is 34.1 Å². The SMILES string of the molecule is NC(=O)c1cn2c3c(cccc3c1=O)SCN2. The van der Waals surface area contributed by atoms with Gasteiger partial charge in [0.15, 0.2) is 0 Å². The van der Waals surface area contributed by atoms with E-state index in [1.54, 1.807) is 22.5 Å². The molecule has 0 saturated carbocycles. The monoisotopic (exact) mass is 247 g/mol. The minimum absolute atomic E-state index is 0.00838. The highest BCUT2D eigenvalue weighted by Gasteiger charge is 2.17. The van der Waals surface area contributed by atoms with Gasteiger partial charge in [-0.15, -0.1) is 11.8 Å². The number of nitrogens with one attached hydrogen (secondary N) is 1. The molecule has 1 aromatic heterocycles. The van der Waals surface area contributed by atoms with Gasteiger partial charge < -0.3 is 11.2 Å². The standard InChI is InChI=1S/C11H9N3O2S/c12-11(16)7-4-14-9-6(10(7)15)2-1-3-8(9)17-5-13-14/h1-4,13H,5H2,(H2,12,16). The average molecular weight is 247 g/mol. The Bertz CT molecular complexity index is 693. The molecule has 6 heteroatoms. The Morgan fingerprint density at radius 1 is 1.47 bits per heavy atom. The Kier molecular flexibility index (Phi) is 2.12. The highest BCUT2D eigenvalue weighted by molar-refractivity contribution is 7.99. The van der Waals surface area contributed by atoms with Gasteiger partial charge in [0.2, 0.25) is 5.43 Å². The van der Waals surface area contributed by atoms with Gasteiger partial charge in [0.25, 0.3) is 5.91 Å². The molecule has 1 aliphatic rings. The Hall–Kier alpha value is -1.95. The van der Waals surface area contributed by atoms with Crippen LogP contribution in [-0.4, -0.2) is 16.5 Å². The number of carbonyl (C=O) groups excluding carboxylic acids is 1. The molecule has 0 unspecified atom stereocenters. The van der Waals surface area contributed by atoms with Crippen molar-refractivity contribution in [2.75, 3.05) is 11.3 Å². The second-order valence-corrected chi connectivity index (χ2v) is 4.72. The quantitative estimate of drug-likeness (QED) is 0.778. The molecule has 2 aromatic rings. The predicted octanol–water partition coefficient (Wildman–Crippen LogP) is 0.707. The molecule has 1 aliphatic heterocycles. The first-order chi connectivity index (χ1) is 8.18. The molecule has 17 heavy (non-hydrogen) atoms. The lowest BCUT2D eigenvalue weighted by molar-refractivity contribution is 0.0999. The number of para-hydroxylation sites is 1. The molecule has 0 saturated heterocycles. The van der Waals surface area contributed by atoms with E-state index in [0.29, 0.717) is 11.3 Å². The van der Waals surface area contributed by atoms with Gasteiger partial charge in [-0.1, -0.05) is 6.07 Å². The van der Waals surface area contributed by atoms with Crippen LogP contribution in [0.5, 0.6) is 0 Å². The number of nitrogens with zero attached hydrogens (tertiary/aromatic N) is 1. The zero-order chi connectivity index (χ0) is 12.0. The number of primary amides is 1. The molecule has 3 N–H and O–H groups in total. The van der Waals surface area contributed by atoms with Crippen LogP contribution in [0, 0.1) is 0 Å². The summed E-state index contributed by atoms with van der Waals surface area (Å²) in [7, 11) is 0. The third-order valence-corrected chi connectivity index (χ3v) is 3.63. The van der Waals surface area contributed by atoms with Gasteiger partial charge in [0, 0.05) is 16.5 Å². The van der Waals surface area contributed by atoms with E-state index in [4.69, 9.17) is 5.73 Å². The molecule has 0 aliphatic carbocycles. The number of nitrogens with two attached hydrogens (primary N) is 1. The van der Waals surface area contributed by atoms with Crippen LogP contribution in [0.4, 0.5) is 0 Å². The van der Waals surface area contributed by atoms with E-state index in [0.717, 1.165) is 10.4 Å². The summed E-state index contributed by atoms with van der Waals surface area (Å²) in [6, 6.07) is 5.47. The molecule has 1 amide bonds. The highest BCUT2D eigenvalue weighted by Crippen LogP contribution is 2.28. The molecule has 86 valence electrons. The number of rotatable bonds is 1. The summed E-state index contributed by atoms with van der Waals surface area (Å²) in [6.07, 6.45) is 1.47. The van der Waals surface area contributed by atoms with Crippen molar-refractivity contribution >= 4 is 28.6 Å². The maximum absolute atomic E-state index is 12.1. The molecule has 3 rings (SSSR count). The third kappa shape index (κ3) is 1.41. The first-order valence-corrected chi connectivity index (χ1v) is 6.02. The average Bonchev–Trinajstić information content (AvgIpc) is 2.33. The Morgan fingerprint density at radius 2 is 2.29 bits per heavy atom. The summed E-state index contributed by atoms with van der Waals surface area (Å²) in [4.78, 5) is 24.3. The predicted molar refractivity (Wildman–Crippen MR) is 66.8 cm³/mol. The first-order valence-electron chi connectivity index (χ1n) is 5.03. The van der Waals surface area contributed by atoms with Crippen LogP contribution >= 0.6 is 11.8 Å². The van der Waals surface area contributed by atoms with Crippen molar-refractivity contribution < 1.29 is 4.79 Å². The summed E-state index contributed by atoms with van der Waals surface area (Å²) in [5, 5.41) is 0.513. The molecular weight excluding hydrogens is 238 g/mol. The number of amides is 1. The van der Waals surface area contributed by atoms with Gasteiger partial charge in [-0.2, -0.15) is 0 Å². The fraction of sp³-hybridized carbons (Fsp3) is 0.0909. The van der Waals surface area contributed by atoms with E-state index in [1.165, 1.54) is 6.20 Å². The van der Waals surface area contributed by atoms with Crippen molar-refractivity contribution in [2.45, 2.75) is 4.90 Å². The van der Waals surface area contributed by atoms with Gasteiger partial charge in [0.05, 0.1) is 11.4 Å². The van der Waals surface area contributed by atoms with Gasteiger partial charge in [-0.25, -0.2) is 0 Å². The molecule has 0 atom stereocenters. The fourth-order valence-electron chi connectivity index (χ4n) is 1.95. The molecule has 0 fully saturated rings. The lowest BCUT2D eigenvalue weighted by atomic mass is 10.1. The second kappa shape index (κ2) is 3.53. The van der Waals surface area contributed by atoms with E-state index in [1.807, 2.05) is 12.1 Å². The Labute approximate surface area is 101 Å². The maximum atomic E-state index is 12.1. The van der Waals surface area contributed by atoms with Crippen molar-refractivity contribution in [1.29, 1.82) is 0 Å². The van der Waals surface area contributed by atoms with Crippen LogP contribution in [-0.2, 0) is 0 Å². The summed E-state index contributed by atoms with van der Waals surface area (Å²) < 4.78 is 1.70. The van der Waals surface area contributed by atoms with Crippen LogP contribution < -0.4 is 16.6 Å². The summed E-state index contributed by atoms with van der Waals surface area (Å²) in [6.45, 7) is 0. The van der Waals surface area contributed by atoms with Crippen molar-refractivity contribution in [3.8, 4) is 0 Å². The molecule has 0 spiro atoms. The topological polar surface area (TPSA) is 77.1 Å². The van der Waals surface area contributed by atoms with Gasteiger partial charge in [-0.05, 0) is 12.1 Å². The van der Waals surface area contributed by atoms with E-state index in [9.17, 15) is 9.59 Å². The third-order valence-electron chi connectivity index (χ3n) is 2.72. The number of carbonyl (C=O) groups is 1. The van der Waals surface area contributed by atoms with E-state index in [-0.39, 0.29) is 11.0 Å². The van der Waals surface area contributed by atoms with Crippen LogP contribution in [0.2, 0.25) is 0 Å². The van der Waals surface area contributed by atoms with Crippen molar-refractivity contribution in [3.63, 3.8) is 0 Å². The summed E-state index contributed by atoms with van der Waals surface area (Å²) >= 11 is 1.62. The molecule has 0 radical (unpaired) electrons. The van der Waals surface area contributed by atoms with E-state index >= 15 is 0 Å². The number of pyridine rings is 1. The van der Waals surface area contributed by atoms with Gasteiger partial charge in [0.1, 0.15) is 5.56 Å². The number of hydrogen-bond donors (Lipinski definition) is 2. The minimum atomic E-state index is -0.703. The molecule has 1 aromatic carbocycles.